The quantitative estimate of drug-likeness (QED) is 0.349. The molecule has 3 nitrogen and oxygen atoms in total. The molecule has 0 saturated heterocycles. The molecule has 0 aliphatic rings. The maximum absolute atomic E-state index is 10.9. The molecular formula is C8H12O3. The zero-order chi connectivity index (χ0) is 8.85. The first-order chi connectivity index (χ1) is 5.13. The van der Waals surface area contributed by atoms with Gasteiger partial charge >= 0.3 is 5.97 Å². The van der Waals surface area contributed by atoms with E-state index in [2.05, 4.69) is 4.74 Å². The van der Waals surface area contributed by atoms with E-state index in [-0.39, 0.29) is 6.61 Å². The van der Waals surface area contributed by atoms with Gasteiger partial charge in [-0.3, -0.25) is 4.79 Å². The van der Waals surface area contributed by atoms with Crippen molar-refractivity contribution in [2.24, 2.45) is 0 Å². The Balaban J connectivity index is 4.15. The molecule has 0 radical (unpaired) electrons. The molecule has 0 aromatic rings. The number of Topliss-reactive ketones (excluding diaryl/α,β-unsaturated/α-hetero) is 1. The van der Waals surface area contributed by atoms with Gasteiger partial charge in [0.05, 0.1) is 6.61 Å². The van der Waals surface area contributed by atoms with Gasteiger partial charge in [-0.15, -0.1) is 0 Å². The molecule has 0 heterocycles. The van der Waals surface area contributed by atoms with E-state index in [4.69, 9.17) is 0 Å². The number of carbonyl (C=O) groups excluding carboxylic acids is 2. The molecule has 11 heavy (non-hydrogen) atoms. The van der Waals surface area contributed by atoms with Crippen molar-refractivity contribution >= 4 is 11.8 Å². The van der Waals surface area contributed by atoms with Crippen LogP contribution in [-0.2, 0) is 14.3 Å². The summed E-state index contributed by atoms with van der Waals surface area (Å²) in [5, 5.41) is 0. The van der Waals surface area contributed by atoms with Gasteiger partial charge in [0.15, 0.2) is 0 Å². The Hall–Kier alpha value is -1.12. The van der Waals surface area contributed by atoms with Crippen molar-refractivity contribution < 1.29 is 14.3 Å². The van der Waals surface area contributed by atoms with E-state index in [0.717, 1.165) is 0 Å². The van der Waals surface area contributed by atoms with Crippen LogP contribution in [0, 0.1) is 0 Å². The SMILES string of the molecule is C/C=C(\C)C(=O)C(=O)OCC. The number of hydrogen-bond acceptors (Lipinski definition) is 3. The average molecular weight is 156 g/mol. The summed E-state index contributed by atoms with van der Waals surface area (Å²) in [5.74, 6) is -1.34. The molecule has 62 valence electrons. The lowest BCUT2D eigenvalue weighted by atomic mass is 10.2. The lowest BCUT2D eigenvalue weighted by Gasteiger charge is -1.98. The first-order valence-corrected chi connectivity index (χ1v) is 3.47. The van der Waals surface area contributed by atoms with E-state index in [1.165, 1.54) is 0 Å². The zero-order valence-electron chi connectivity index (χ0n) is 7.01. The summed E-state index contributed by atoms with van der Waals surface area (Å²) in [7, 11) is 0. The lowest BCUT2D eigenvalue weighted by molar-refractivity contribution is -0.151. The van der Waals surface area contributed by atoms with E-state index < -0.39 is 11.8 Å². The minimum absolute atomic E-state index is 0.238. The van der Waals surface area contributed by atoms with Crippen molar-refractivity contribution in [3.8, 4) is 0 Å². The van der Waals surface area contributed by atoms with Gasteiger partial charge in [0, 0.05) is 0 Å². The molecule has 0 N–H and O–H groups in total. The van der Waals surface area contributed by atoms with Gasteiger partial charge < -0.3 is 4.74 Å². The second-order valence-electron chi connectivity index (χ2n) is 2.02. The van der Waals surface area contributed by atoms with Crippen LogP contribution in [0.15, 0.2) is 11.6 Å². The number of carbonyl (C=O) groups is 2. The Morgan fingerprint density at radius 3 is 2.36 bits per heavy atom. The molecule has 0 rings (SSSR count). The van der Waals surface area contributed by atoms with Crippen molar-refractivity contribution in [1.29, 1.82) is 0 Å². The first-order valence-electron chi connectivity index (χ1n) is 3.47. The Kier molecular flexibility index (Phi) is 4.18. The van der Waals surface area contributed by atoms with E-state index in [0.29, 0.717) is 5.57 Å². The fourth-order valence-corrected chi connectivity index (χ4v) is 0.489. The molecule has 0 amide bonds. The average Bonchev–Trinajstić information content (AvgIpc) is 2.02. The summed E-state index contributed by atoms with van der Waals surface area (Å²) in [4.78, 5) is 21.7. The van der Waals surface area contributed by atoms with Gasteiger partial charge in [0.25, 0.3) is 5.78 Å². The second kappa shape index (κ2) is 4.66. The van der Waals surface area contributed by atoms with Crippen molar-refractivity contribution in [3.05, 3.63) is 11.6 Å². The van der Waals surface area contributed by atoms with Crippen molar-refractivity contribution in [2.45, 2.75) is 20.8 Å². The van der Waals surface area contributed by atoms with Gasteiger partial charge in [0.1, 0.15) is 0 Å². The van der Waals surface area contributed by atoms with E-state index in [1.54, 1.807) is 26.8 Å². The summed E-state index contributed by atoms with van der Waals surface area (Å²) < 4.78 is 4.50. The zero-order valence-corrected chi connectivity index (χ0v) is 7.01. The number of hydrogen-bond donors (Lipinski definition) is 0. The Morgan fingerprint density at radius 2 is 2.00 bits per heavy atom. The van der Waals surface area contributed by atoms with Crippen molar-refractivity contribution in [2.75, 3.05) is 6.61 Å². The molecule has 0 aromatic carbocycles. The predicted molar refractivity (Wildman–Crippen MR) is 41.1 cm³/mol. The fourth-order valence-electron chi connectivity index (χ4n) is 0.489. The monoisotopic (exact) mass is 156 g/mol. The van der Waals surface area contributed by atoms with Crippen molar-refractivity contribution in [1.82, 2.24) is 0 Å². The van der Waals surface area contributed by atoms with Crippen LogP contribution >= 0.6 is 0 Å². The van der Waals surface area contributed by atoms with Gasteiger partial charge in [-0.1, -0.05) is 6.08 Å². The largest absolute Gasteiger partial charge is 0.460 e. The second-order valence-corrected chi connectivity index (χ2v) is 2.02. The molecule has 0 atom stereocenters. The predicted octanol–water partition coefficient (Wildman–Crippen LogP) is 1.08. The van der Waals surface area contributed by atoms with Crippen LogP contribution in [-0.4, -0.2) is 18.4 Å². The van der Waals surface area contributed by atoms with E-state index >= 15 is 0 Å². The molecule has 0 aliphatic carbocycles. The van der Waals surface area contributed by atoms with E-state index in [1.807, 2.05) is 0 Å². The first kappa shape index (κ1) is 9.88. The third kappa shape index (κ3) is 2.98. The Labute approximate surface area is 66.0 Å². The van der Waals surface area contributed by atoms with Crippen molar-refractivity contribution in [3.63, 3.8) is 0 Å². The highest BCUT2D eigenvalue weighted by Gasteiger charge is 2.15. The standard InChI is InChI=1S/C8H12O3/c1-4-6(3)7(9)8(10)11-5-2/h4H,5H2,1-3H3/b6-4+. The van der Waals surface area contributed by atoms with Crippen LogP contribution in [0.5, 0.6) is 0 Å². The molecule has 0 unspecified atom stereocenters. The minimum Gasteiger partial charge on any atom is -0.460 e. The third-order valence-corrected chi connectivity index (χ3v) is 1.25. The van der Waals surface area contributed by atoms with Crippen LogP contribution in [0.1, 0.15) is 20.8 Å². The third-order valence-electron chi connectivity index (χ3n) is 1.25. The number of allylic oxidation sites excluding steroid dienone is 1. The Bertz CT molecular complexity index is 192. The molecule has 0 saturated carbocycles. The summed E-state index contributed by atoms with van der Waals surface area (Å²) in [6.07, 6.45) is 1.58. The number of rotatable bonds is 3. The molecule has 0 bridgehead atoms. The van der Waals surface area contributed by atoms with Crippen LogP contribution in [0.2, 0.25) is 0 Å². The Morgan fingerprint density at radius 1 is 1.45 bits per heavy atom. The van der Waals surface area contributed by atoms with Crippen LogP contribution in [0.4, 0.5) is 0 Å². The highest BCUT2D eigenvalue weighted by molar-refractivity contribution is 6.40. The number of esters is 1. The lowest BCUT2D eigenvalue weighted by Crippen LogP contribution is -2.17. The molecule has 0 spiro atoms. The van der Waals surface area contributed by atoms with E-state index in [9.17, 15) is 9.59 Å². The van der Waals surface area contributed by atoms with Gasteiger partial charge in [-0.2, -0.15) is 0 Å². The van der Waals surface area contributed by atoms with Gasteiger partial charge in [-0.25, -0.2) is 4.79 Å². The highest BCUT2D eigenvalue weighted by Crippen LogP contribution is 1.95. The van der Waals surface area contributed by atoms with Gasteiger partial charge in [0.2, 0.25) is 0 Å². The number of ketones is 1. The summed E-state index contributed by atoms with van der Waals surface area (Å²) >= 11 is 0. The molecule has 0 aromatic heterocycles. The minimum atomic E-state index is -0.775. The smallest absolute Gasteiger partial charge is 0.379 e. The molecule has 0 aliphatic heterocycles. The maximum atomic E-state index is 10.9. The fraction of sp³-hybridized carbons (Fsp3) is 0.500. The molecular weight excluding hydrogens is 144 g/mol. The highest BCUT2D eigenvalue weighted by atomic mass is 16.5. The summed E-state index contributed by atoms with van der Waals surface area (Å²) in [6, 6.07) is 0. The normalized spacial score (nSPS) is 11.0. The summed E-state index contributed by atoms with van der Waals surface area (Å²) in [6.45, 7) is 5.18. The summed E-state index contributed by atoms with van der Waals surface area (Å²) in [5.41, 5.74) is 0.420. The molecule has 0 fully saturated rings. The van der Waals surface area contributed by atoms with Crippen LogP contribution in [0.25, 0.3) is 0 Å². The van der Waals surface area contributed by atoms with Crippen LogP contribution < -0.4 is 0 Å². The van der Waals surface area contributed by atoms with Gasteiger partial charge in [-0.05, 0) is 26.3 Å². The maximum Gasteiger partial charge on any atom is 0.379 e. The van der Waals surface area contributed by atoms with Crippen LogP contribution in [0.3, 0.4) is 0 Å². The number of ether oxygens (including phenoxy) is 1. The topological polar surface area (TPSA) is 43.4 Å². The molecule has 3 heteroatoms.